The van der Waals surface area contributed by atoms with Gasteiger partial charge in [-0.25, -0.2) is 8.42 Å². The topological polar surface area (TPSA) is 118 Å². The Morgan fingerprint density at radius 3 is 2.45 bits per heavy atom. The van der Waals surface area contributed by atoms with E-state index in [4.69, 9.17) is 5.73 Å². The van der Waals surface area contributed by atoms with E-state index < -0.39 is 10.0 Å². The molecule has 0 bridgehead atoms. The number of likely N-dealkylation sites (tertiary alicyclic amines) is 1. The predicted molar refractivity (Wildman–Crippen MR) is 127 cm³/mol. The van der Waals surface area contributed by atoms with E-state index in [0.29, 0.717) is 31.9 Å². The molecule has 0 saturated carbocycles. The molecule has 33 heavy (non-hydrogen) atoms. The molecule has 180 valence electrons. The van der Waals surface area contributed by atoms with Crippen LogP contribution in [0.5, 0.6) is 0 Å². The minimum Gasteiger partial charge on any atom is -0.369 e. The van der Waals surface area contributed by atoms with Gasteiger partial charge in [-0.15, -0.1) is 0 Å². The first-order chi connectivity index (χ1) is 15.6. The maximum absolute atomic E-state index is 12.8. The second kappa shape index (κ2) is 10.5. The number of amides is 2. The van der Waals surface area contributed by atoms with Crippen molar-refractivity contribution in [3.8, 4) is 0 Å². The molecule has 1 aliphatic heterocycles. The van der Waals surface area contributed by atoms with Gasteiger partial charge in [0.15, 0.2) is 0 Å². The predicted octanol–water partition coefficient (Wildman–Crippen LogP) is 2.01. The van der Waals surface area contributed by atoms with Crippen LogP contribution in [0, 0.1) is 5.92 Å². The molecule has 9 nitrogen and oxygen atoms in total. The molecule has 10 heteroatoms. The van der Waals surface area contributed by atoms with Crippen molar-refractivity contribution in [1.82, 2.24) is 13.8 Å². The van der Waals surface area contributed by atoms with Crippen LogP contribution in [0.4, 0.5) is 5.69 Å². The van der Waals surface area contributed by atoms with Crippen LogP contribution >= 0.6 is 0 Å². The maximum Gasteiger partial charge on any atom is 0.272 e. The maximum atomic E-state index is 12.8. The molecule has 2 heterocycles. The highest BCUT2D eigenvalue weighted by atomic mass is 32.2. The fourth-order valence-corrected chi connectivity index (χ4v) is 5.72. The Morgan fingerprint density at radius 2 is 1.85 bits per heavy atom. The van der Waals surface area contributed by atoms with Gasteiger partial charge < -0.3 is 15.6 Å². The molecule has 2 aromatic rings. The molecular weight excluding hydrogens is 442 g/mol. The van der Waals surface area contributed by atoms with E-state index in [1.807, 2.05) is 24.3 Å². The van der Waals surface area contributed by atoms with Crippen molar-refractivity contribution in [2.45, 2.75) is 38.1 Å². The lowest BCUT2D eigenvalue weighted by Crippen LogP contribution is -2.40. The van der Waals surface area contributed by atoms with Crippen molar-refractivity contribution in [1.29, 1.82) is 0 Å². The minimum atomic E-state index is -3.64. The quantitative estimate of drug-likeness (QED) is 0.575. The van der Waals surface area contributed by atoms with E-state index in [0.717, 1.165) is 24.9 Å². The Morgan fingerprint density at radius 1 is 1.18 bits per heavy atom. The Kier molecular flexibility index (Phi) is 7.93. The third kappa shape index (κ3) is 5.82. The molecule has 1 aliphatic rings. The lowest BCUT2D eigenvalue weighted by molar-refractivity contribution is -0.123. The molecule has 3 rings (SSSR count). The third-order valence-electron chi connectivity index (χ3n) is 6.08. The Labute approximate surface area is 195 Å². The summed E-state index contributed by atoms with van der Waals surface area (Å²) in [5.41, 5.74) is 7.41. The average Bonchev–Trinajstić information content (AvgIpc) is 3.18. The molecule has 1 aromatic heterocycles. The summed E-state index contributed by atoms with van der Waals surface area (Å²) in [7, 11) is -1.99. The summed E-state index contributed by atoms with van der Waals surface area (Å²) in [5, 5.41) is 2.83. The molecule has 0 aliphatic carbocycles. The van der Waals surface area contributed by atoms with Gasteiger partial charge in [0, 0.05) is 45.1 Å². The first kappa shape index (κ1) is 24.9. The second-order valence-corrected chi connectivity index (χ2v) is 10.3. The minimum absolute atomic E-state index is 0.0990. The number of anilines is 1. The zero-order valence-corrected chi connectivity index (χ0v) is 20.3. The van der Waals surface area contributed by atoms with E-state index in [1.165, 1.54) is 21.1 Å². The van der Waals surface area contributed by atoms with Crippen LogP contribution < -0.4 is 11.1 Å². The second-order valence-electron chi connectivity index (χ2n) is 8.39. The summed E-state index contributed by atoms with van der Waals surface area (Å²) in [6.07, 6.45) is 3.25. The SMILES string of the molecule is CCN(CC)S(=O)(=O)c1cc(C(=O)Nc2ccc(CN3CCCC(C(N)=O)C3)cc2)n(C)c1. The summed E-state index contributed by atoms with van der Waals surface area (Å²) in [6.45, 7) is 6.59. The number of rotatable bonds is 9. The molecule has 1 atom stereocenters. The van der Waals surface area contributed by atoms with Gasteiger partial charge in [0.25, 0.3) is 5.91 Å². The van der Waals surface area contributed by atoms with Gasteiger partial charge in [-0.3, -0.25) is 14.5 Å². The number of nitrogens with one attached hydrogen (secondary N) is 1. The summed E-state index contributed by atoms with van der Waals surface area (Å²) in [4.78, 5) is 26.6. The van der Waals surface area contributed by atoms with Crippen LogP contribution in [0.2, 0.25) is 0 Å². The van der Waals surface area contributed by atoms with Gasteiger partial charge in [-0.1, -0.05) is 26.0 Å². The van der Waals surface area contributed by atoms with E-state index in [2.05, 4.69) is 10.2 Å². The van der Waals surface area contributed by atoms with Crippen molar-refractivity contribution in [3.63, 3.8) is 0 Å². The highest BCUT2D eigenvalue weighted by Crippen LogP contribution is 2.21. The molecule has 0 spiro atoms. The molecular formula is C23H33N5O4S. The van der Waals surface area contributed by atoms with Gasteiger partial charge in [0.2, 0.25) is 15.9 Å². The van der Waals surface area contributed by atoms with E-state index in [1.54, 1.807) is 20.9 Å². The lowest BCUT2D eigenvalue weighted by atomic mass is 9.97. The number of hydrogen-bond acceptors (Lipinski definition) is 5. The molecule has 0 radical (unpaired) electrons. The average molecular weight is 476 g/mol. The van der Waals surface area contributed by atoms with Gasteiger partial charge in [-0.05, 0) is 43.1 Å². The van der Waals surface area contributed by atoms with Crippen molar-refractivity contribution >= 4 is 27.5 Å². The van der Waals surface area contributed by atoms with E-state index >= 15 is 0 Å². The van der Waals surface area contributed by atoms with Crippen LogP contribution in [-0.2, 0) is 28.4 Å². The van der Waals surface area contributed by atoms with Crippen LogP contribution in [0.25, 0.3) is 0 Å². The molecule has 3 N–H and O–H groups in total. The third-order valence-corrected chi connectivity index (χ3v) is 8.10. The fraction of sp³-hybridized carbons (Fsp3) is 0.478. The normalized spacial score (nSPS) is 17.3. The number of hydrogen-bond donors (Lipinski definition) is 2. The van der Waals surface area contributed by atoms with E-state index in [9.17, 15) is 18.0 Å². The summed E-state index contributed by atoms with van der Waals surface area (Å²) >= 11 is 0. The number of benzene rings is 1. The molecule has 1 unspecified atom stereocenters. The van der Waals surface area contributed by atoms with Crippen molar-refractivity contribution < 1.29 is 18.0 Å². The molecule has 1 aromatic carbocycles. The lowest BCUT2D eigenvalue weighted by Gasteiger charge is -2.31. The first-order valence-electron chi connectivity index (χ1n) is 11.2. The van der Waals surface area contributed by atoms with Gasteiger partial charge in [-0.2, -0.15) is 4.31 Å². The van der Waals surface area contributed by atoms with Crippen molar-refractivity contribution in [3.05, 3.63) is 47.8 Å². The van der Waals surface area contributed by atoms with E-state index in [-0.39, 0.29) is 28.3 Å². The van der Waals surface area contributed by atoms with Gasteiger partial charge >= 0.3 is 0 Å². The number of carbonyl (C=O) groups is 2. The summed E-state index contributed by atoms with van der Waals surface area (Å²) < 4.78 is 28.4. The number of carbonyl (C=O) groups excluding carboxylic acids is 2. The van der Waals surface area contributed by atoms with Crippen LogP contribution in [0.3, 0.4) is 0 Å². The summed E-state index contributed by atoms with van der Waals surface area (Å²) in [5.74, 6) is -0.726. The van der Waals surface area contributed by atoms with Gasteiger partial charge in [0.05, 0.1) is 5.92 Å². The standard InChI is InChI=1S/C23H33N5O4S/c1-4-28(5-2)33(31,32)20-13-21(26(3)16-20)23(30)25-19-10-8-17(9-11-19)14-27-12-6-7-18(15-27)22(24)29/h8-11,13,16,18H,4-7,12,14-15H2,1-3H3,(H2,24,29)(H,25,30). The highest BCUT2D eigenvalue weighted by Gasteiger charge is 2.26. The fourth-order valence-electron chi connectivity index (χ4n) is 4.19. The Bertz CT molecular complexity index is 1090. The van der Waals surface area contributed by atoms with Crippen LogP contribution in [0.15, 0.2) is 41.4 Å². The Hall–Kier alpha value is -2.69. The number of piperidine rings is 1. The van der Waals surface area contributed by atoms with Crippen molar-refractivity contribution in [2.24, 2.45) is 18.7 Å². The zero-order valence-electron chi connectivity index (χ0n) is 19.5. The zero-order chi connectivity index (χ0) is 24.2. The number of nitrogens with zero attached hydrogens (tertiary/aromatic N) is 3. The molecule has 1 fully saturated rings. The monoisotopic (exact) mass is 475 g/mol. The number of sulfonamides is 1. The number of aromatic nitrogens is 1. The number of primary amides is 1. The van der Waals surface area contributed by atoms with Crippen LogP contribution in [0.1, 0.15) is 42.7 Å². The van der Waals surface area contributed by atoms with Crippen LogP contribution in [-0.4, -0.2) is 60.2 Å². The summed E-state index contributed by atoms with van der Waals surface area (Å²) in [6, 6.07) is 8.91. The number of aryl methyl sites for hydroxylation is 1. The molecule has 1 saturated heterocycles. The first-order valence-corrected chi connectivity index (χ1v) is 12.7. The Balaban J connectivity index is 1.65. The highest BCUT2D eigenvalue weighted by molar-refractivity contribution is 7.89. The largest absolute Gasteiger partial charge is 0.369 e. The number of nitrogens with two attached hydrogens (primary N) is 1. The smallest absolute Gasteiger partial charge is 0.272 e. The van der Waals surface area contributed by atoms with Crippen molar-refractivity contribution in [2.75, 3.05) is 31.5 Å². The molecule has 2 amide bonds. The van der Waals surface area contributed by atoms with Gasteiger partial charge in [0.1, 0.15) is 10.6 Å².